The molecular formula is C15H14N2O4. The fraction of sp³-hybridized carbons (Fsp3) is 0.267. The summed E-state index contributed by atoms with van der Waals surface area (Å²) in [6, 6.07) is 6.69. The lowest BCUT2D eigenvalue weighted by Gasteiger charge is -2.34. The van der Waals surface area contributed by atoms with Gasteiger partial charge in [-0.05, 0) is 18.1 Å². The molecule has 6 nitrogen and oxygen atoms in total. The van der Waals surface area contributed by atoms with Crippen molar-refractivity contribution >= 4 is 11.9 Å². The Kier molecular flexibility index (Phi) is 3.21. The molecule has 6 heteroatoms. The first-order valence-corrected chi connectivity index (χ1v) is 6.59. The zero-order chi connectivity index (χ0) is 15.0. The third-order valence-corrected chi connectivity index (χ3v) is 3.78. The second kappa shape index (κ2) is 5.05. The molecule has 1 atom stereocenters. The number of carbonyl (C=O) groups excluding carboxylic acids is 1. The van der Waals surface area contributed by atoms with Crippen LogP contribution in [0.25, 0.3) is 0 Å². The van der Waals surface area contributed by atoms with Gasteiger partial charge in [0, 0.05) is 13.0 Å². The van der Waals surface area contributed by atoms with Crippen molar-refractivity contribution in [3.05, 3.63) is 52.9 Å². The SMILES string of the molecule is Cc1oncc1C(=O)N1Cc2ccccc2C[C@H]1C(=O)O. The first-order valence-electron chi connectivity index (χ1n) is 6.59. The van der Waals surface area contributed by atoms with Crippen LogP contribution in [0, 0.1) is 6.92 Å². The molecule has 1 amide bonds. The summed E-state index contributed by atoms with van der Waals surface area (Å²) >= 11 is 0. The van der Waals surface area contributed by atoms with Crippen LogP contribution < -0.4 is 0 Å². The Bertz CT molecular complexity index is 707. The molecule has 2 heterocycles. The van der Waals surface area contributed by atoms with E-state index in [1.807, 2.05) is 24.3 Å². The monoisotopic (exact) mass is 286 g/mol. The zero-order valence-electron chi connectivity index (χ0n) is 11.4. The van der Waals surface area contributed by atoms with E-state index in [4.69, 9.17) is 4.52 Å². The average Bonchev–Trinajstić information content (AvgIpc) is 2.91. The predicted molar refractivity (Wildman–Crippen MR) is 72.7 cm³/mol. The largest absolute Gasteiger partial charge is 0.480 e. The fourth-order valence-electron chi connectivity index (χ4n) is 2.62. The van der Waals surface area contributed by atoms with E-state index in [1.165, 1.54) is 11.1 Å². The lowest BCUT2D eigenvalue weighted by molar-refractivity contribution is -0.142. The Balaban J connectivity index is 1.98. The molecule has 0 radical (unpaired) electrons. The van der Waals surface area contributed by atoms with E-state index in [0.29, 0.717) is 17.7 Å². The quantitative estimate of drug-likeness (QED) is 0.907. The van der Waals surface area contributed by atoms with E-state index < -0.39 is 12.0 Å². The van der Waals surface area contributed by atoms with Gasteiger partial charge in [-0.2, -0.15) is 0 Å². The lowest BCUT2D eigenvalue weighted by Crippen LogP contribution is -2.48. The molecule has 0 saturated heterocycles. The highest BCUT2D eigenvalue weighted by atomic mass is 16.5. The summed E-state index contributed by atoms with van der Waals surface area (Å²) in [5, 5.41) is 13.0. The second-order valence-corrected chi connectivity index (χ2v) is 5.06. The number of aliphatic carboxylic acids is 1. The minimum absolute atomic E-state index is 0.274. The van der Waals surface area contributed by atoms with Gasteiger partial charge in [0.25, 0.3) is 5.91 Å². The maximum Gasteiger partial charge on any atom is 0.326 e. The number of hydrogen-bond acceptors (Lipinski definition) is 4. The number of amides is 1. The number of carboxylic acids is 1. The van der Waals surface area contributed by atoms with Gasteiger partial charge in [-0.15, -0.1) is 0 Å². The second-order valence-electron chi connectivity index (χ2n) is 5.06. The zero-order valence-corrected chi connectivity index (χ0v) is 11.4. The number of benzene rings is 1. The highest BCUT2D eigenvalue weighted by Gasteiger charge is 2.35. The third-order valence-electron chi connectivity index (χ3n) is 3.78. The highest BCUT2D eigenvalue weighted by Crippen LogP contribution is 2.25. The molecule has 1 N–H and O–H groups in total. The van der Waals surface area contributed by atoms with Gasteiger partial charge in [-0.25, -0.2) is 4.79 Å². The van der Waals surface area contributed by atoms with Gasteiger partial charge in [-0.1, -0.05) is 29.4 Å². The van der Waals surface area contributed by atoms with Crippen LogP contribution >= 0.6 is 0 Å². The number of carbonyl (C=O) groups is 2. The van der Waals surface area contributed by atoms with Gasteiger partial charge < -0.3 is 14.5 Å². The van der Waals surface area contributed by atoms with Gasteiger partial charge >= 0.3 is 5.97 Å². The van der Waals surface area contributed by atoms with Crippen LogP contribution in [-0.4, -0.2) is 33.1 Å². The van der Waals surface area contributed by atoms with Crippen LogP contribution in [0.4, 0.5) is 0 Å². The van der Waals surface area contributed by atoms with Crippen LogP contribution in [0.2, 0.25) is 0 Å². The molecule has 0 aliphatic carbocycles. The van der Waals surface area contributed by atoms with E-state index in [9.17, 15) is 14.7 Å². The minimum Gasteiger partial charge on any atom is -0.480 e. The molecule has 1 aromatic carbocycles. The number of fused-ring (bicyclic) bond motifs is 1. The number of aromatic nitrogens is 1. The summed E-state index contributed by atoms with van der Waals surface area (Å²) in [4.78, 5) is 25.4. The summed E-state index contributed by atoms with van der Waals surface area (Å²) in [5.41, 5.74) is 2.24. The van der Waals surface area contributed by atoms with Gasteiger partial charge in [0.2, 0.25) is 0 Å². The Labute approximate surface area is 121 Å². The number of rotatable bonds is 2. The number of carboxylic acid groups (broad SMARTS) is 1. The molecule has 1 aromatic heterocycles. The summed E-state index contributed by atoms with van der Waals surface area (Å²) in [7, 11) is 0. The van der Waals surface area contributed by atoms with Crippen molar-refractivity contribution in [2.45, 2.75) is 25.9 Å². The van der Waals surface area contributed by atoms with Gasteiger partial charge in [-0.3, -0.25) is 4.79 Å². The fourth-order valence-corrected chi connectivity index (χ4v) is 2.62. The Morgan fingerprint density at radius 2 is 2.05 bits per heavy atom. The van der Waals surface area contributed by atoms with E-state index in [0.717, 1.165) is 11.1 Å². The molecule has 0 saturated carbocycles. The van der Waals surface area contributed by atoms with Gasteiger partial charge in [0.15, 0.2) is 0 Å². The molecule has 0 fully saturated rings. The van der Waals surface area contributed by atoms with Crippen molar-refractivity contribution < 1.29 is 19.2 Å². The molecule has 0 spiro atoms. The normalized spacial score (nSPS) is 17.4. The van der Waals surface area contributed by atoms with Crippen molar-refractivity contribution in [1.29, 1.82) is 0 Å². The summed E-state index contributed by atoms with van der Waals surface area (Å²) < 4.78 is 4.90. The number of hydrogen-bond donors (Lipinski definition) is 1. The van der Waals surface area contributed by atoms with Crippen molar-refractivity contribution in [2.75, 3.05) is 0 Å². The maximum absolute atomic E-state index is 12.6. The van der Waals surface area contributed by atoms with Crippen molar-refractivity contribution in [3.63, 3.8) is 0 Å². The summed E-state index contributed by atoms with van der Waals surface area (Å²) in [6.45, 7) is 1.91. The topological polar surface area (TPSA) is 83.6 Å². The first kappa shape index (κ1) is 13.4. The maximum atomic E-state index is 12.6. The summed E-state index contributed by atoms with van der Waals surface area (Å²) in [6.07, 6.45) is 1.64. The minimum atomic E-state index is -1.01. The van der Waals surface area contributed by atoms with Crippen LogP contribution in [0.1, 0.15) is 27.2 Å². The van der Waals surface area contributed by atoms with E-state index in [1.54, 1.807) is 6.92 Å². The molecule has 1 aliphatic heterocycles. The molecule has 21 heavy (non-hydrogen) atoms. The summed E-state index contributed by atoms with van der Waals surface area (Å²) in [5.74, 6) is -0.981. The van der Waals surface area contributed by atoms with Crippen LogP contribution in [0.5, 0.6) is 0 Å². The van der Waals surface area contributed by atoms with E-state index in [-0.39, 0.29) is 12.5 Å². The van der Waals surface area contributed by atoms with Gasteiger partial charge in [0.05, 0.1) is 6.20 Å². The van der Waals surface area contributed by atoms with Crippen molar-refractivity contribution in [1.82, 2.24) is 10.1 Å². The molecule has 0 unspecified atom stereocenters. The third kappa shape index (κ3) is 2.29. The van der Waals surface area contributed by atoms with E-state index in [2.05, 4.69) is 5.16 Å². The molecule has 108 valence electrons. The Morgan fingerprint density at radius 1 is 1.33 bits per heavy atom. The predicted octanol–water partition coefficient (Wildman–Crippen LogP) is 1.63. The van der Waals surface area contributed by atoms with Crippen molar-refractivity contribution in [3.8, 4) is 0 Å². The number of nitrogens with zero attached hydrogens (tertiary/aromatic N) is 2. The lowest BCUT2D eigenvalue weighted by atomic mass is 9.93. The van der Waals surface area contributed by atoms with Crippen LogP contribution in [-0.2, 0) is 17.8 Å². The highest BCUT2D eigenvalue weighted by molar-refractivity contribution is 5.97. The molecule has 1 aliphatic rings. The Morgan fingerprint density at radius 3 is 2.67 bits per heavy atom. The van der Waals surface area contributed by atoms with Crippen LogP contribution in [0.3, 0.4) is 0 Å². The average molecular weight is 286 g/mol. The van der Waals surface area contributed by atoms with Gasteiger partial charge in [0.1, 0.15) is 17.4 Å². The Hall–Kier alpha value is -2.63. The molecule has 0 bridgehead atoms. The standard InChI is InChI=1S/C15H14N2O4/c1-9-12(7-16-21-9)14(18)17-8-11-5-3-2-4-10(11)6-13(17)15(19)20/h2-5,7,13H,6,8H2,1H3,(H,19,20)/t13-/m0/s1. The molecule has 3 rings (SSSR count). The molecule has 2 aromatic rings. The van der Waals surface area contributed by atoms with Crippen molar-refractivity contribution in [2.24, 2.45) is 0 Å². The first-order chi connectivity index (χ1) is 10.1. The number of aryl methyl sites for hydroxylation is 1. The molecular weight excluding hydrogens is 272 g/mol. The van der Waals surface area contributed by atoms with E-state index >= 15 is 0 Å². The smallest absolute Gasteiger partial charge is 0.326 e. The van der Waals surface area contributed by atoms with Crippen LogP contribution in [0.15, 0.2) is 35.0 Å².